The summed E-state index contributed by atoms with van der Waals surface area (Å²) >= 11 is 0. The lowest BCUT2D eigenvalue weighted by Crippen LogP contribution is -2.36. The quantitative estimate of drug-likeness (QED) is 0.851. The number of benzene rings is 1. The summed E-state index contributed by atoms with van der Waals surface area (Å²) < 4.78 is 31.3. The van der Waals surface area contributed by atoms with Gasteiger partial charge in [0, 0.05) is 19.7 Å². The largest absolute Gasteiger partial charge is 0.481 e. The molecule has 0 aliphatic carbocycles. The first-order valence-corrected chi connectivity index (χ1v) is 5.42. The zero-order chi connectivity index (χ0) is 14.4. The average Bonchev–Trinajstić information content (AvgIpc) is 2.33. The number of methoxy groups -OCH3 is 1. The van der Waals surface area contributed by atoms with Gasteiger partial charge in [-0.2, -0.15) is 0 Å². The Kier molecular flexibility index (Phi) is 5.37. The van der Waals surface area contributed by atoms with Crippen molar-refractivity contribution >= 4 is 17.6 Å². The minimum atomic E-state index is -1.15. The first-order valence-electron chi connectivity index (χ1n) is 5.42. The molecule has 0 spiro atoms. The minimum absolute atomic E-state index is 0.266. The Morgan fingerprint density at radius 3 is 2.63 bits per heavy atom. The molecular weight excluding hydrogens is 260 g/mol. The third-order valence-electron chi connectivity index (χ3n) is 2.32. The molecule has 1 amide bonds. The molecule has 104 valence electrons. The van der Waals surface area contributed by atoms with Gasteiger partial charge in [0.15, 0.2) is 0 Å². The molecule has 0 aromatic heterocycles. The molecule has 0 unspecified atom stereocenters. The Morgan fingerprint density at radius 1 is 1.37 bits per heavy atom. The first kappa shape index (κ1) is 15.0. The maximum Gasteiger partial charge on any atom is 0.305 e. The maximum absolute atomic E-state index is 13.6. The van der Waals surface area contributed by atoms with Crippen LogP contribution in [0.5, 0.6) is 0 Å². The number of nitrogens with zero attached hydrogens (tertiary/aromatic N) is 1. The highest BCUT2D eigenvalue weighted by atomic mass is 19.1. The lowest BCUT2D eigenvalue weighted by Gasteiger charge is -2.22. The van der Waals surface area contributed by atoms with Crippen LogP contribution in [-0.4, -0.2) is 37.2 Å². The third kappa shape index (κ3) is 4.29. The zero-order valence-corrected chi connectivity index (χ0v) is 10.2. The van der Waals surface area contributed by atoms with Crippen LogP contribution in [-0.2, 0) is 14.3 Å². The van der Waals surface area contributed by atoms with Gasteiger partial charge in [0.1, 0.15) is 18.2 Å². The second-order valence-corrected chi connectivity index (χ2v) is 3.72. The summed E-state index contributed by atoms with van der Waals surface area (Å²) in [5.74, 6) is -3.32. The summed E-state index contributed by atoms with van der Waals surface area (Å²) in [5.41, 5.74) is -0.302. The Hall–Kier alpha value is -2.02. The van der Waals surface area contributed by atoms with Crippen LogP contribution in [0, 0.1) is 11.6 Å². The van der Waals surface area contributed by atoms with Gasteiger partial charge in [0.05, 0.1) is 12.1 Å². The number of amides is 1. The first-order chi connectivity index (χ1) is 8.95. The van der Waals surface area contributed by atoms with Crippen molar-refractivity contribution in [3.63, 3.8) is 0 Å². The fourth-order valence-corrected chi connectivity index (χ4v) is 1.48. The predicted molar refractivity (Wildman–Crippen MR) is 62.8 cm³/mol. The fraction of sp³-hybridized carbons (Fsp3) is 0.333. The number of rotatable bonds is 6. The van der Waals surface area contributed by atoms with Crippen molar-refractivity contribution in [2.75, 3.05) is 25.2 Å². The van der Waals surface area contributed by atoms with Crippen LogP contribution in [0.1, 0.15) is 6.42 Å². The van der Waals surface area contributed by atoms with Crippen LogP contribution in [0.25, 0.3) is 0 Å². The summed E-state index contributed by atoms with van der Waals surface area (Å²) in [6, 6.07) is 2.62. The van der Waals surface area contributed by atoms with E-state index in [-0.39, 0.29) is 25.3 Å². The van der Waals surface area contributed by atoms with E-state index in [0.717, 1.165) is 23.1 Å². The minimum Gasteiger partial charge on any atom is -0.481 e. The van der Waals surface area contributed by atoms with Crippen molar-refractivity contribution in [1.82, 2.24) is 0 Å². The van der Waals surface area contributed by atoms with Gasteiger partial charge in [-0.1, -0.05) is 0 Å². The predicted octanol–water partition coefficient (Wildman–Crippen LogP) is 1.42. The number of carboxylic acids is 1. The number of ether oxygens (including phenoxy) is 1. The Balaban J connectivity index is 3.03. The molecule has 7 heteroatoms. The summed E-state index contributed by atoms with van der Waals surface area (Å²) in [6.07, 6.45) is -0.384. The van der Waals surface area contributed by atoms with Crippen LogP contribution in [0.3, 0.4) is 0 Å². The van der Waals surface area contributed by atoms with Crippen molar-refractivity contribution < 1.29 is 28.2 Å². The van der Waals surface area contributed by atoms with Crippen LogP contribution in [0.15, 0.2) is 18.2 Å². The van der Waals surface area contributed by atoms with Gasteiger partial charge in [-0.25, -0.2) is 8.78 Å². The highest BCUT2D eigenvalue weighted by molar-refractivity contribution is 5.94. The molecule has 1 rings (SSSR count). The molecule has 0 radical (unpaired) electrons. The molecule has 5 nitrogen and oxygen atoms in total. The summed E-state index contributed by atoms with van der Waals surface area (Å²) in [7, 11) is 1.27. The Morgan fingerprint density at radius 2 is 2.05 bits per heavy atom. The number of carbonyl (C=O) groups excluding carboxylic acids is 1. The molecule has 1 aromatic carbocycles. The zero-order valence-electron chi connectivity index (χ0n) is 10.2. The van der Waals surface area contributed by atoms with E-state index in [4.69, 9.17) is 5.11 Å². The van der Waals surface area contributed by atoms with Crippen LogP contribution >= 0.6 is 0 Å². The smallest absolute Gasteiger partial charge is 0.305 e. The molecular formula is C12H13F2NO4. The molecule has 0 saturated carbocycles. The topological polar surface area (TPSA) is 66.8 Å². The van der Waals surface area contributed by atoms with E-state index in [9.17, 15) is 18.4 Å². The molecule has 0 bridgehead atoms. The number of anilines is 1. The fourth-order valence-electron chi connectivity index (χ4n) is 1.48. The molecule has 0 aliphatic heterocycles. The average molecular weight is 273 g/mol. The number of halogens is 2. The molecule has 1 aromatic rings. The Bertz CT molecular complexity index is 479. The van der Waals surface area contributed by atoms with E-state index in [2.05, 4.69) is 4.74 Å². The van der Waals surface area contributed by atoms with E-state index in [1.54, 1.807) is 0 Å². The molecule has 0 saturated heterocycles. The van der Waals surface area contributed by atoms with Crippen molar-refractivity contribution in [3.8, 4) is 0 Å². The highest BCUT2D eigenvalue weighted by Gasteiger charge is 2.20. The van der Waals surface area contributed by atoms with Gasteiger partial charge >= 0.3 is 5.97 Å². The van der Waals surface area contributed by atoms with Crippen molar-refractivity contribution in [2.24, 2.45) is 0 Å². The SMILES string of the molecule is COCC(=O)N(CCC(=O)O)c1cc(F)ccc1F. The summed E-state index contributed by atoms with van der Waals surface area (Å²) in [6.45, 7) is -0.618. The van der Waals surface area contributed by atoms with E-state index in [1.807, 2.05) is 0 Å². The molecule has 0 heterocycles. The van der Waals surface area contributed by atoms with Gasteiger partial charge in [-0.15, -0.1) is 0 Å². The second-order valence-electron chi connectivity index (χ2n) is 3.72. The van der Waals surface area contributed by atoms with Crippen molar-refractivity contribution in [1.29, 1.82) is 0 Å². The second kappa shape index (κ2) is 6.79. The maximum atomic E-state index is 13.6. The molecule has 1 N–H and O–H groups in total. The van der Waals surface area contributed by atoms with Crippen molar-refractivity contribution in [2.45, 2.75) is 6.42 Å². The lowest BCUT2D eigenvalue weighted by atomic mass is 10.2. The monoisotopic (exact) mass is 273 g/mol. The molecule has 0 fully saturated rings. The number of hydrogen-bond donors (Lipinski definition) is 1. The lowest BCUT2D eigenvalue weighted by molar-refractivity contribution is -0.136. The number of carbonyl (C=O) groups is 2. The molecule has 0 aliphatic rings. The number of hydrogen-bond acceptors (Lipinski definition) is 3. The van der Waals surface area contributed by atoms with Crippen LogP contribution in [0.4, 0.5) is 14.5 Å². The third-order valence-corrected chi connectivity index (χ3v) is 2.32. The van der Waals surface area contributed by atoms with E-state index >= 15 is 0 Å². The molecule has 19 heavy (non-hydrogen) atoms. The summed E-state index contributed by atoms with van der Waals surface area (Å²) in [5, 5.41) is 8.61. The normalized spacial score (nSPS) is 10.3. The van der Waals surface area contributed by atoms with E-state index in [1.165, 1.54) is 7.11 Å². The standard InChI is InChI=1S/C12H13F2NO4/c1-19-7-11(16)15(5-4-12(17)18)10-6-8(13)2-3-9(10)14/h2-3,6H,4-5,7H2,1H3,(H,17,18). The number of carboxylic acid groups (broad SMARTS) is 1. The van der Waals surface area contributed by atoms with Crippen LogP contribution in [0.2, 0.25) is 0 Å². The van der Waals surface area contributed by atoms with Gasteiger partial charge in [0.25, 0.3) is 5.91 Å². The Labute approximate surface area is 108 Å². The van der Waals surface area contributed by atoms with Gasteiger partial charge in [-0.3, -0.25) is 9.59 Å². The van der Waals surface area contributed by atoms with Crippen LogP contribution < -0.4 is 4.90 Å². The van der Waals surface area contributed by atoms with E-state index < -0.39 is 23.5 Å². The van der Waals surface area contributed by atoms with Gasteiger partial charge in [-0.05, 0) is 12.1 Å². The van der Waals surface area contributed by atoms with Gasteiger partial charge < -0.3 is 14.7 Å². The highest BCUT2D eigenvalue weighted by Crippen LogP contribution is 2.21. The number of aliphatic carboxylic acids is 1. The summed E-state index contributed by atoms with van der Waals surface area (Å²) in [4.78, 5) is 23.1. The molecule has 0 atom stereocenters. The van der Waals surface area contributed by atoms with E-state index in [0.29, 0.717) is 0 Å². The van der Waals surface area contributed by atoms with Gasteiger partial charge in [0.2, 0.25) is 0 Å². The van der Waals surface area contributed by atoms with Crippen molar-refractivity contribution in [3.05, 3.63) is 29.8 Å².